The Balaban J connectivity index is 2.06. The van der Waals surface area contributed by atoms with Gasteiger partial charge in [-0.15, -0.1) is 5.10 Å². The normalized spacial score (nSPS) is 13.1. The molecule has 1 atom stereocenters. The lowest BCUT2D eigenvalue weighted by molar-refractivity contribution is -0.139. The molecular weight excluding hydrogens is 268 g/mol. The van der Waals surface area contributed by atoms with Gasteiger partial charge in [0.25, 0.3) is 0 Å². The largest absolute Gasteiger partial charge is 0.480 e. The van der Waals surface area contributed by atoms with E-state index in [-0.39, 0.29) is 5.54 Å². The van der Waals surface area contributed by atoms with E-state index in [1.165, 1.54) is 0 Å². The zero-order chi connectivity index (χ0) is 15.5. The minimum atomic E-state index is -0.913. The van der Waals surface area contributed by atoms with E-state index >= 15 is 0 Å². The predicted molar refractivity (Wildman–Crippen MR) is 78.7 cm³/mol. The van der Waals surface area contributed by atoms with Gasteiger partial charge in [-0.1, -0.05) is 35.5 Å². The lowest BCUT2D eigenvalue weighted by atomic mass is 10.1. The maximum Gasteiger partial charge on any atom is 0.325 e. The number of carboxylic acid groups (broad SMARTS) is 1. The summed E-state index contributed by atoms with van der Waals surface area (Å²) in [7, 11) is 0. The molecule has 2 N–H and O–H groups in total. The Bertz CT molecular complexity index is 602. The van der Waals surface area contributed by atoms with Crippen molar-refractivity contribution in [3.05, 3.63) is 47.8 Å². The maximum atomic E-state index is 11.4. The molecule has 6 nitrogen and oxygen atoms in total. The molecule has 0 amide bonds. The van der Waals surface area contributed by atoms with Gasteiger partial charge >= 0.3 is 5.97 Å². The van der Waals surface area contributed by atoms with Gasteiger partial charge in [0.1, 0.15) is 6.04 Å². The van der Waals surface area contributed by atoms with Gasteiger partial charge in [-0.25, -0.2) is 4.68 Å². The average Bonchev–Trinajstić information content (AvgIpc) is 2.88. The molecule has 1 aromatic heterocycles. The summed E-state index contributed by atoms with van der Waals surface area (Å²) in [6.45, 7) is 6.44. The number of benzene rings is 1. The molecule has 0 saturated carbocycles. The number of aromatic nitrogens is 3. The summed E-state index contributed by atoms with van der Waals surface area (Å²) in [4.78, 5) is 11.4. The van der Waals surface area contributed by atoms with E-state index < -0.39 is 12.0 Å². The van der Waals surface area contributed by atoms with Crippen molar-refractivity contribution in [2.45, 2.75) is 38.9 Å². The van der Waals surface area contributed by atoms with Crippen LogP contribution in [-0.4, -0.2) is 26.1 Å². The minimum absolute atomic E-state index is 0.142. The predicted octanol–water partition coefficient (Wildman–Crippen LogP) is 1.95. The van der Waals surface area contributed by atoms with E-state index in [4.69, 9.17) is 0 Å². The molecule has 0 fully saturated rings. The molecule has 1 heterocycles. The van der Waals surface area contributed by atoms with Crippen molar-refractivity contribution in [3.63, 3.8) is 0 Å². The van der Waals surface area contributed by atoms with Gasteiger partial charge in [-0.2, -0.15) is 0 Å². The van der Waals surface area contributed by atoms with E-state index in [1.54, 1.807) is 16.8 Å². The van der Waals surface area contributed by atoms with Crippen LogP contribution in [0.25, 0.3) is 0 Å². The Morgan fingerprint density at radius 3 is 2.52 bits per heavy atom. The Morgan fingerprint density at radius 2 is 2.00 bits per heavy atom. The van der Waals surface area contributed by atoms with Gasteiger partial charge in [0.2, 0.25) is 0 Å². The van der Waals surface area contributed by atoms with Crippen LogP contribution in [0.3, 0.4) is 0 Å². The number of nitrogens with zero attached hydrogens (tertiary/aromatic N) is 3. The number of nitrogens with one attached hydrogen (secondary N) is 1. The van der Waals surface area contributed by atoms with Crippen LogP contribution < -0.4 is 5.32 Å². The first-order chi connectivity index (χ1) is 9.88. The van der Waals surface area contributed by atoms with E-state index in [0.717, 1.165) is 0 Å². The summed E-state index contributed by atoms with van der Waals surface area (Å²) < 4.78 is 1.77. The molecule has 2 rings (SSSR count). The van der Waals surface area contributed by atoms with Crippen molar-refractivity contribution < 1.29 is 9.90 Å². The number of rotatable bonds is 5. The third-order valence-corrected chi connectivity index (χ3v) is 3.10. The van der Waals surface area contributed by atoms with Gasteiger partial charge in [0, 0.05) is 6.54 Å². The molecule has 1 aromatic carbocycles. The fraction of sp³-hybridized carbons (Fsp3) is 0.400. The monoisotopic (exact) mass is 288 g/mol. The lowest BCUT2D eigenvalue weighted by Gasteiger charge is -2.17. The molecule has 0 aliphatic carbocycles. The van der Waals surface area contributed by atoms with Crippen LogP contribution in [0.15, 0.2) is 36.5 Å². The Kier molecular flexibility index (Phi) is 4.37. The summed E-state index contributed by atoms with van der Waals surface area (Å²) in [5.41, 5.74) is 1.29. The van der Waals surface area contributed by atoms with Crippen LogP contribution in [0.2, 0.25) is 0 Å². The molecule has 0 radical (unpaired) electrons. The summed E-state index contributed by atoms with van der Waals surface area (Å²) in [6.07, 6.45) is 1.83. The summed E-state index contributed by atoms with van der Waals surface area (Å²) in [5, 5.41) is 20.5. The summed E-state index contributed by atoms with van der Waals surface area (Å²) in [5.74, 6) is -0.913. The molecule has 0 saturated heterocycles. The van der Waals surface area contributed by atoms with E-state index in [1.807, 2.05) is 45.2 Å². The van der Waals surface area contributed by atoms with E-state index in [0.29, 0.717) is 17.8 Å². The van der Waals surface area contributed by atoms with Crippen molar-refractivity contribution in [3.8, 4) is 0 Å². The van der Waals surface area contributed by atoms with Crippen LogP contribution in [0, 0.1) is 0 Å². The molecule has 2 aromatic rings. The molecule has 1 unspecified atom stereocenters. The number of aliphatic carboxylic acids is 1. The first kappa shape index (κ1) is 15.2. The van der Waals surface area contributed by atoms with Crippen LogP contribution in [-0.2, 0) is 16.9 Å². The molecule has 0 bridgehead atoms. The SMILES string of the molecule is CC(C)(C)n1cc(CNC(C(=O)O)c2ccccc2)nn1. The van der Waals surface area contributed by atoms with Crippen LogP contribution in [0.1, 0.15) is 38.1 Å². The maximum absolute atomic E-state index is 11.4. The highest BCUT2D eigenvalue weighted by molar-refractivity contribution is 5.75. The van der Waals surface area contributed by atoms with Gasteiger partial charge in [-0.05, 0) is 26.3 Å². The van der Waals surface area contributed by atoms with Gasteiger partial charge in [0.15, 0.2) is 0 Å². The molecule has 21 heavy (non-hydrogen) atoms. The van der Waals surface area contributed by atoms with Gasteiger partial charge in [0.05, 0.1) is 17.4 Å². The third kappa shape index (κ3) is 3.88. The van der Waals surface area contributed by atoms with E-state index in [2.05, 4.69) is 15.6 Å². The zero-order valence-electron chi connectivity index (χ0n) is 12.4. The zero-order valence-corrected chi connectivity index (χ0v) is 12.4. The second kappa shape index (κ2) is 6.05. The van der Waals surface area contributed by atoms with Crippen LogP contribution in [0.5, 0.6) is 0 Å². The summed E-state index contributed by atoms with van der Waals surface area (Å²) >= 11 is 0. The Hall–Kier alpha value is -2.21. The first-order valence-electron chi connectivity index (χ1n) is 6.81. The highest BCUT2D eigenvalue weighted by atomic mass is 16.4. The number of hydrogen-bond acceptors (Lipinski definition) is 4. The third-order valence-electron chi connectivity index (χ3n) is 3.10. The molecule has 112 valence electrons. The second-order valence-electron chi connectivity index (χ2n) is 5.89. The average molecular weight is 288 g/mol. The highest BCUT2D eigenvalue weighted by Gasteiger charge is 2.20. The lowest BCUT2D eigenvalue weighted by Crippen LogP contribution is -2.28. The molecule has 0 aliphatic rings. The number of hydrogen-bond donors (Lipinski definition) is 2. The molecule has 6 heteroatoms. The van der Waals surface area contributed by atoms with Crippen molar-refractivity contribution >= 4 is 5.97 Å². The smallest absolute Gasteiger partial charge is 0.325 e. The van der Waals surface area contributed by atoms with Gasteiger partial charge < -0.3 is 5.11 Å². The van der Waals surface area contributed by atoms with Crippen molar-refractivity contribution in [2.75, 3.05) is 0 Å². The van der Waals surface area contributed by atoms with Crippen molar-refractivity contribution in [2.24, 2.45) is 0 Å². The van der Waals surface area contributed by atoms with Gasteiger partial charge in [-0.3, -0.25) is 10.1 Å². The molecular formula is C15H20N4O2. The Morgan fingerprint density at radius 1 is 1.33 bits per heavy atom. The fourth-order valence-electron chi connectivity index (χ4n) is 1.91. The highest BCUT2D eigenvalue weighted by Crippen LogP contribution is 2.15. The van der Waals surface area contributed by atoms with E-state index in [9.17, 15) is 9.90 Å². The van der Waals surface area contributed by atoms with Crippen LogP contribution >= 0.6 is 0 Å². The Labute approximate surface area is 123 Å². The fourth-order valence-corrected chi connectivity index (χ4v) is 1.91. The number of carboxylic acids is 1. The molecule has 0 aliphatic heterocycles. The standard InChI is InChI=1S/C15H20N4O2/c1-15(2,3)19-10-12(17-18-19)9-16-13(14(20)21)11-7-5-4-6-8-11/h4-8,10,13,16H,9H2,1-3H3,(H,20,21). The van der Waals surface area contributed by atoms with Crippen LogP contribution in [0.4, 0.5) is 0 Å². The second-order valence-corrected chi connectivity index (χ2v) is 5.89. The minimum Gasteiger partial charge on any atom is -0.480 e. The summed E-state index contributed by atoms with van der Waals surface area (Å²) in [6, 6.07) is 8.32. The topological polar surface area (TPSA) is 80.0 Å². The quantitative estimate of drug-likeness (QED) is 0.879. The first-order valence-corrected chi connectivity index (χ1v) is 6.81. The van der Waals surface area contributed by atoms with Crippen molar-refractivity contribution in [1.82, 2.24) is 20.3 Å². The van der Waals surface area contributed by atoms with Crippen molar-refractivity contribution in [1.29, 1.82) is 0 Å². The number of carbonyl (C=O) groups is 1. The molecule has 0 spiro atoms.